The lowest BCUT2D eigenvalue weighted by atomic mass is 10.2. The van der Waals surface area contributed by atoms with Gasteiger partial charge in [0.2, 0.25) is 0 Å². The summed E-state index contributed by atoms with van der Waals surface area (Å²) in [4.78, 5) is 4.26. The molecule has 1 saturated carbocycles. The molecule has 0 radical (unpaired) electrons. The van der Waals surface area contributed by atoms with E-state index in [1.54, 1.807) is 0 Å². The van der Waals surface area contributed by atoms with E-state index in [9.17, 15) is 0 Å². The van der Waals surface area contributed by atoms with E-state index in [1.165, 1.54) is 51.4 Å². The highest BCUT2D eigenvalue weighted by molar-refractivity contribution is 5.79. The molecule has 0 aromatic carbocycles. The highest BCUT2D eigenvalue weighted by Gasteiger charge is 2.15. The molecule has 3 nitrogen and oxygen atoms in total. The lowest BCUT2D eigenvalue weighted by Gasteiger charge is -2.16. The molecule has 0 aromatic rings. The smallest absolute Gasteiger partial charge is 0.191 e. The number of unbranched alkanes of at least 4 members (excludes halogenated alkanes) is 3. The summed E-state index contributed by atoms with van der Waals surface area (Å²) < 4.78 is 0. The average Bonchev–Trinajstić information content (AvgIpc) is 2.80. The summed E-state index contributed by atoms with van der Waals surface area (Å²) >= 11 is 0. The van der Waals surface area contributed by atoms with Crippen molar-refractivity contribution in [3.8, 4) is 0 Å². The van der Waals surface area contributed by atoms with Crippen molar-refractivity contribution in [1.82, 2.24) is 10.6 Å². The number of hydrogen-bond donors (Lipinski definition) is 2. The van der Waals surface area contributed by atoms with Crippen LogP contribution in [0, 0.1) is 0 Å². The number of hydrogen-bond acceptors (Lipinski definition) is 1. The predicted octanol–water partition coefficient (Wildman–Crippen LogP) is 2.67. The second-order valence-electron chi connectivity index (χ2n) is 4.69. The molecule has 1 aliphatic rings. The summed E-state index contributed by atoms with van der Waals surface area (Å²) in [5, 5.41) is 6.89. The van der Waals surface area contributed by atoms with E-state index in [1.807, 2.05) is 7.05 Å². The van der Waals surface area contributed by atoms with Gasteiger partial charge in [-0.15, -0.1) is 0 Å². The van der Waals surface area contributed by atoms with Gasteiger partial charge in [0.15, 0.2) is 5.96 Å². The molecule has 0 aliphatic heterocycles. The normalized spacial score (nSPS) is 17.8. The quantitative estimate of drug-likeness (QED) is 0.414. The van der Waals surface area contributed by atoms with Crippen LogP contribution in [0.3, 0.4) is 0 Å². The van der Waals surface area contributed by atoms with Crippen LogP contribution in [0.2, 0.25) is 0 Å². The van der Waals surface area contributed by atoms with Crippen LogP contribution >= 0.6 is 0 Å². The molecule has 0 aromatic heterocycles. The molecule has 3 heteroatoms. The molecule has 1 rings (SSSR count). The third kappa shape index (κ3) is 5.38. The Hall–Kier alpha value is -0.730. The minimum absolute atomic E-state index is 0.654. The van der Waals surface area contributed by atoms with Gasteiger partial charge in [-0.2, -0.15) is 0 Å². The third-order valence-electron chi connectivity index (χ3n) is 3.24. The van der Waals surface area contributed by atoms with Gasteiger partial charge in [-0.3, -0.25) is 4.99 Å². The van der Waals surface area contributed by atoms with Gasteiger partial charge in [-0.25, -0.2) is 0 Å². The zero-order valence-corrected chi connectivity index (χ0v) is 10.9. The van der Waals surface area contributed by atoms with Crippen LogP contribution in [0.4, 0.5) is 0 Å². The van der Waals surface area contributed by atoms with Gasteiger partial charge in [0.1, 0.15) is 0 Å². The van der Waals surface area contributed by atoms with E-state index in [-0.39, 0.29) is 0 Å². The molecule has 0 saturated heterocycles. The van der Waals surface area contributed by atoms with E-state index in [4.69, 9.17) is 0 Å². The van der Waals surface area contributed by atoms with Crippen LogP contribution in [0.15, 0.2) is 4.99 Å². The van der Waals surface area contributed by atoms with E-state index in [0.717, 1.165) is 12.5 Å². The minimum Gasteiger partial charge on any atom is -0.356 e. The van der Waals surface area contributed by atoms with E-state index in [2.05, 4.69) is 22.5 Å². The highest BCUT2D eigenvalue weighted by Crippen LogP contribution is 2.17. The predicted molar refractivity (Wildman–Crippen MR) is 70.9 cm³/mol. The second kappa shape index (κ2) is 8.43. The fraction of sp³-hybridized carbons (Fsp3) is 0.923. The van der Waals surface area contributed by atoms with Crippen LogP contribution < -0.4 is 10.6 Å². The molecular weight excluding hydrogens is 198 g/mol. The van der Waals surface area contributed by atoms with Gasteiger partial charge >= 0.3 is 0 Å². The maximum atomic E-state index is 4.26. The number of rotatable bonds is 6. The largest absolute Gasteiger partial charge is 0.356 e. The number of nitrogens with zero attached hydrogens (tertiary/aromatic N) is 1. The molecule has 16 heavy (non-hydrogen) atoms. The number of guanidine groups is 1. The number of nitrogens with one attached hydrogen (secondary N) is 2. The van der Waals surface area contributed by atoms with Crippen molar-refractivity contribution in [3.05, 3.63) is 0 Å². The van der Waals surface area contributed by atoms with Crippen molar-refractivity contribution < 1.29 is 0 Å². The molecule has 2 N–H and O–H groups in total. The van der Waals surface area contributed by atoms with Crippen molar-refractivity contribution in [3.63, 3.8) is 0 Å². The first-order valence-electron chi connectivity index (χ1n) is 6.84. The van der Waals surface area contributed by atoms with Gasteiger partial charge in [0, 0.05) is 19.6 Å². The molecule has 94 valence electrons. The van der Waals surface area contributed by atoms with Crippen LogP contribution in [0.5, 0.6) is 0 Å². The standard InChI is InChI=1S/C13H27N3/c1-3-4-5-8-11-15-13(14-2)16-12-9-6-7-10-12/h12H,3-11H2,1-2H3,(H2,14,15,16). The Bertz CT molecular complexity index is 195. The first-order chi connectivity index (χ1) is 7.86. The van der Waals surface area contributed by atoms with Crippen LogP contribution in [0.25, 0.3) is 0 Å². The van der Waals surface area contributed by atoms with E-state index >= 15 is 0 Å². The van der Waals surface area contributed by atoms with Gasteiger partial charge in [-0.05, 0) is 19.3 Å². The lowest BCUT2D eigenvalue weighted by molar-refractivity contribution is 0.601. The Labute approximate surface area is 100 Å². The summed E-state index contributed by atoms with van der Waals surface area (Å²) in [7, 11) is 1.86. The molecule has 0 heterocycles. The van der Waals surface area contributed by atoms with Gasteiger partial charge in [0.05, 0.1) is 0 Å². The summed E-state index contributed by atoms with van der Waals surface area (Å²) in [6, 6.07) is 0.654. The van der Waals surface area contributed by atoms with E-state index in [0.29, 0.717) is 6.04 Å². The summed E-state index contributed by atoms with van der Waals surface area (Å²) in [5.74, 6) is 0.989. The monoisotopic (exact) mass is 225 g/mol. The Balaban J connectivity index is 2.07. The molecule has 1 aliphatic carbocycles. The van der Waals surface area contributed by atoms with Crippen molar-refractivity contribution in [2.24, 2.45) is 4.99 Å². The van der Waals surface area contributed by atoms with Gasteiger partial charge in [-0.1, -0.05) is 39.0 Å². The molecule has 0 spiro atoms. The van der Waals surface area contributed by atoms with Crippen molar-refractivity contribution >= 4 is 5.96 Å². The Morgan fingerprint density at radius 2 is 1.94 bits per heavy atom. The Kier molecular flexibility index (Phi) is 7.02. The zero-order chi connectivity index (χ0) is 11.6. The summed E-state index contributed by atoms with van der Waals surface area (Å²) in [6.45, 7) is 3.29. The minimum atomic E-state index is 0.654. The molecule has 0 bridgehead atoms. The van der Waals surface area contributed by atoms with Crippen molar-refractivity contribution in [2.45, 2.75) is 64.3 Å². The summed E-state index contributed by atoms with van der Waals surface area (Å²) in [5.41, 5.74) is 0. The SMILES string of the molecule is CCCCCCNC(=NC)NC1CCCC1. The maximum Gasteiger partial charge on any atom is 0.191 e. The van der Waals surface area contributed by atoms with E-state index < -0.39 is 0 Å². The van der Waals surface area contributed by atoms with Gasteiger partial charge < -0.3 is 10.6 Å². The molecule has 1 fully saturated rings. The molecule has 0 unspecified atom stereocenters. The Morgan fingerprint density at radius 3 is 2.56 bits per heavy atom. The zero-order valence-electron chi connectivity index (χ0n) is 10.9. The fourth-order valence-corrected chi connectivity index (χ4v) is 2.22. The second-order valence-corrected chi connectivity index (χ2v) is 4.69. The molecule has 0 atom stereocenters. The van der Waals surface area contributed by atoms with Crippen molar-refractivity contribution in [2.75, 3.05) is 13.6 Å². The van der Waals surface area contributed by atoms with Crippen LogP contribution in [-0.2, 0) is 0 Å². The summed E-state index contributed by atoms with van der Waals surface area (Å²) in [6.07, 6.45) is 10.6. The third-order valence-corrected chi connectivity index (χ3v) is 3.24. The number of aliphatic imine (C=N–C) groups is 1. The lowest BCUT2D eigenvalue weighted by Crippen LogP contribution is -2.42. The van der Waals surface area contributed by atoms with Crippen LogP contribution in [-0.4, -0.2) is 25.6 Å². The maximum absolute atomic E-state index is 4.26. The molecular formula is C13H27N3. The van der Waals surface area contributed by atoms with Gasteiger partial charge in [0.25, 0.3) is 0 Å². The molecule has 0 amide bonds. The van der Waals surface area contributed by atoms with Crippen LogP contribution in [0.1, 0.15) is 58.3 Å². The first-order valence-corrected chi connectivity index (χ1v) is 6.84. The average molecular weight is 225 g/mol. The fourth-order valence-electron chi connectivity index (χ4n) is 2.22. The van der Waals surface area contributed by atoms with Crippen molar-refractivity contribution in [1.29, 1.82) is 0 Å². The highest BCUT2D eigenvalue weighted by atomic mass is 15.2. The Morgan fingerprint density at radius 1 is 1.19 bits per heavy atom. The first kappa shape index (κ1) is 13.3. The topological polar surface area (TPSA) is 36.4 Å².